The first-order chi connectivity index (χ1) is 12.0. The highest BCUT2D eigenvalue weighted by Gasteiger charge is 2.46. The summed E-state index contributed by atoms with van der Waals surface area (Å²) in [5.41, 5.74) is -0.656. The fraction of sp³-hybridized carbons (Fsp3) is 0.636. The number of carbonyl (C=O) groups is 2. The van der Waals surface area contributed by atoms with Crippen molar-refractivity contribution in [3.63, 3.8) is 0 Å². The first-order valence-electron chi connectivity index (χ1n) is 9.57. The molecular formula is C22H32O4. The van der Waals surface area contributed by atoms with Crippen LogP contribution in [0.2, 0.25) is 0 Å². The highest BCUT2D eigenvalue weighted by Crippen LogP contribution is 2.45. The molecule has 1 atom stereocenters. The number of ether oxygens (including phenoxy) is 1. The zero-order valence-electron chi connectivity index (χ0n) is 16.7. The van der Waals surface area contributed by atoms with Crippen LogP contribution in [-0.2, 0) is 19.7 Å². The number of rotatable bonds is 6. The Morgan fingerprint density at radius 3 is 2.15 bits per heavy atom. The van der Waals surface area contributed by atoms with E-state index < -0.39 is 23.0 Å². The van der Waals surface area contributed by atoms with E-state index in [1.165, 1.54) is 12.5 Å². The summed E-state index contributed by atoms with van der Waals surface area (Å²) in [6, 6.07) is 10.5. The predicted octanol–water partition coefficient (Wildman–Crippen LogP) is 4.96. The minimum absolute atomic E-state index is 0.0611. The molecule has 1 aromatic carbocycles. The molecule has 0 aliphatic heterocycles. The SMILES string of the molecule is CCC(C)(C(=O)O)C(=O)O[C@]1(C)CC[C@H](C(C)(C)c2ccccc2)CC1. The molecule has 0 heterocycles. The van der Waals surface area contributed by atoms with Crippen molar-refractivity contribution in [1.29, 1.82) is 0 Å². The number of benzene rings is 1. The summed E-state index contributed by atoms with van der Waals surface area (Å²) in [6.07, 6.45) is 3.67. The Labute approximate surface area is 156 Å². The predicted molar refractivity (Wildman–Crippen MR) is 102 cm³/mol. The molecule has 144 valence electrons. The third-order valence-electron chi connectivity index (χ3n) is 6.55. The average molecular weight is 360 g/mol. The molecule has 26 heavy (non-hydrogen) atoms. The van der Waals surface area contributed by atoms with Crippen LogP contribution in [0.1, 0.15) is 72.3 Å². The van der Waals surface area contributed by atoms with Crippen LogP contribution in [0, 0.1) is 11.3 Å². The lowest BCUT2D eigenvalue weighted by Gasteiger charge is -2.44. The van der Waals surface area contributed by atoms with Gasteiger partial charge in [0, 0.05) is 0 Å². The molecule has 1 aliphatic carbocycles. The van der Waals surface area contributed by atoms with Gasteiger partial charge in [-0.2, -0.15) is 0 Å². The van der Waals surface area contributed by atoms with Gasteiger partial charge >= 0.3 is 11.9 Å². The van der Waals surface area contributed by atoms with E-state index in [0.717, 1.165) is 25.7 Å². The van der Waals surface area contributed by atoms with Crippen LogP contribution in [0.15, 0.2) is 30.3 Å². The lowest BCUT2D eigenvalue weighted by molar-refractivity contribution is -0.181. The summed E-state index contributed by atoms with van der Waals surface area (Å²) in [7, 11) is 0. The molecule has 0 aromatic heterocycles. The van der Waals surface area contributed by atoms with Crippen LogP contribution in [0.25, 0.3) is 0 Å². The highest BCUT2D eigenvalue weighted by atomic mass is 16.6. The molecule has 0 amide bonds. The minimum atomic E-state index is -1.47. The quantitative estimate of drug-likeness (QED) is 0.575. The van der Waals surface area contributed by atoms with E-state index in [9.17, 15) is 14.7 Å². The van der Waals surface area contributed by atoms with Crippen molar-refractivity contribution in [2.75, 3.05) is 0 Å². The van der Waals surface area contributed by atoms with Crippen molar-refractivity contribution in [2.45, 2.75) is 77.7 Å². The van der Waals surface area contributed by atoms with E-state index in [0.29, 0.717) is 5.92 Å². The minimum Gasteiger partial charge on any atom is -0.480 e. The van der Waals surface area contributed by atoms with E-state index >= 15 is 0 Å². The topological polar surface area (TPSA) is 63.6 Å². The molecular weight excluding hydrogens is 328 g/mol. The van der Waals surface area contributed by atoms with Gasteiger partial charge in [0.15, 0.2) is 5.41 Å². The van der Waals surface area contributed by atoms with Crippen molar-refractivity contribution in [3.8, 4) is 0 Å². The van der Waals surface area contributed by atoms with E-state index in [1.54, 1.807) is 6.92 Å². The van der Waals surface area contributed by atoms with Crippen LogP contribution in [0.3, 0.4) is 0 Å². The fourth-order valence-corrected chi connectivity index (χ4v) is 3.87. The van der Waals surface area contributed by atoms with E-state index in [2.05, 4.69) is 38.1 Å². The van der Waals surface area contributed by atoms with Gasteiger partial charge in [0.05, 0.1) is 0 Å². The highest BCUT2D eigenvalue weighted by molar-refractivity contribution is 5.98. The van der Waals surface area contributed by atoms with Crippen LogP contribution in [0.4, 0.5) is 0 Å². The fourth-order valence-electron chi connectivity index (χ4n) is 3.87. The van der Waals surface area contributed by atoms with Gasteiger partial charge in [-0.25, -0.2) is 0 Å². The molecule has 1 fully saturated rings. The maximum atomic E-state index is 12.5. The summed E-state index contributed by atoms with van der Waals surface area (Å²) in [5, 5.41) is 9.39. The molecule has 4 nitrogen and oxygen atoms in total. The molecule has 1 N–H and O–H groups in total. The molecule has 1 unspecified atom stereocenters. The lowest BCUT2D eigenvalue weighted by Crippen LogP contribution is -2.45. The zero-order valence-corrected chi connectivity index (χ0v) is 16.7. The van der Waals surface area contributed by atoms with E-state index in [4.69, 9.17) is 4.74 Å². The second-order valence-corrected chi connectivity index (χ2v) is 8.69. The number of carboxylic acids is 1. The molecule has 1 saturated carbocycles. The second kappa shape index (κ2) is 7.42. The van der Waals surface area contributed by atoms with Crippen molar-refractivity contribution in [2.24, 2.45) is 11.3 Å². The molecule has 1 aliphatic rings. The van der Waals surface area contributed by atoms with Crippen LogP contribution < -0.4 is 0 Å². The summed E-state index contributed by atoms with van der Waals surface area (Å²) in [5.74, 6) is -1.23. The van der Waals surface area contributed by atoms with Gasteiger partial charge in [0.25, 0.3) is 0 Å². The molecule has 1 aromatic rings. The number of aliphatic carboxylic acids is 1. The third-order valence-corrected chi connectivity index (χ3v) is 6.55. The van der Waals surface area contributed by atoms with Crippen molar-refractivity contribution < 1.29 is 19.4 Å². The van der Waals surface area contributed by atoms with Crippen LogP contribution in [0.5, 0.6) is 0 Å². The summed E-state index contributed by atoms with van der Waals surface area (Å²) in [4.78, 5) is 24.0. The van der Waals surface area contributed by atoms with Gasteiger partial charge in [-0.05, 0) is 62.8 Å². The van der Waals surface area contributed by atoms with Gasteiger partial charge < -0.3 is 9.84 Å². The van der Waals surface area contributed by atoms with Crippen molar-refractivity contribution in [1.82, 2.24) is 0 Å². The first kappa shape index (κ1) is 20.5. The van der Waals surface area contributed by atoms with Gasteiger partial charge in [-0.1, -0.05) is 51.1 Å². The molecule has 2 rings (SSSR count). The molecule has 0 spiro atoms. The first-order valence-corrected chi connectivity index (χ1v) is 9.57. The maximum absolute atomic E-state index is 12.5. The standard InChI is InChI=1S/C22H32O4/c1-6-22(5,18(23)24)19(25)26-21(4)14-12-17(13-15-21)20(2,3)16-10-8-7-9-11-16/h7-11,17H,6,12-15H2,1-5H3,(H,23,24)/t17-,21+,22?. The van der Waals surface area contributed by atoms with Crippen molar-refractivity contribution in [3.05, 3.63) is 35.9 Å². The van der Waals surface area contributed by atoms with Crippen molar-refractivity contribution >= 4 is 11.9 Å². The number of hydrogen-bond donors (Lipinski definition) is 1. The zero-order chi connectivity index (χ0) is 19.6. The van der Waals surface area contributed by atoms with Gasteiger partial charge in [-0.15, -0.1) is 0 Å². The number of esters is 1. The Hall–Kier alpha value is -1.84. The Balaban J connectivity index is 2.05. The maximum Gasteiger partial charge on any atom is 0.323 e. The molecule has 0 bridgehead atoms. The number of carbonyl (C=O) groups excluding carboxylic acids is 1. The lowest BCUT2D eigenvalue weighted by atomic mass is 9.65. The normalized spacial score (nSPS) is 26.0. The summed E-state index contributed by atoms with van der Waals surface area (Å²) < 4.78 is 5.74. The summed E-state index contributed by atoms with van der Waals surface area (Å²) >= 11 is 0. The third kappa shape index (κ3) is 3.94. The Bertz CT molecular complexity index is 641. The smallest absolute Gasteiger partial charge is 0.323 e. The Morgan fingerprint density at radius 2 is 1.69 bits per heavy atom. The number of hydrogen-bond acceptors (Lipinski definition) is 3. The number of carboxylic acid groups (broad SMARTS) is 1. The van der Waals surface area contributed by atoms with Crippen LogP contribution >= 0.6 is 0 Å². The van der Waals surface area contributed by atoms with Gasteiger partial charge in [0.2, 0.25) is 0 Å². The molecule has 0 saturated heterocycles. The second-order valence-electron chi connectivity index (χ2n) is 8.69. The van der Waals surface area contributed by atoms with E-state index in [-0.39, 0.29) is 11.8 Å². The average Bonchev–Trinajstić information content (AvgIpc) is 2.61. The molecule has 0 radical (unpaired) electrons. The Kier molecular flexibility index (Phi) is 5.84. The van der Waals surface area contributed by atoms with Gasteiger partial charge in [-0.3, -0.25) is 9.59 Å². The van der Waals surface area contributed by atoms with Gasteiger partial charge in [0.1, 0.15) is 5.60 Å². The molecule has 4 heteroatoms. The Morgan fingerprint density at radius 1 is 1.15 bits per heavy atom. The van der Waals surface area contributed by atoms with E-state index in [1.807, 2.05) is 13.0 Å². The summed E-state index contributed by atoms with van der Waals surface area (Å²) in [6.45, 7) is 9.65. The van der Waals surface area contributed by atoms with Crippen LogP contribution in [-0.4, -0.2) is 22.6 Å². The largest absolute Gasteiger partial charge is 0.480 e. The monoisotopic (exact) mass is 360 g/mol.